The molecule has 0 spiro atoms. The van der Waals surface area contributed by atoms with Crippen LogP contribution in [0.2, 0.25) is 0 Å². The smallest absolute Gasteiger partial charge is 0.326 e. The quantitative estimate of drug-likeness (QED) is 0.860. The summed E-state index contributed by atoms with van der Waals surface area (Å²) in [6.07, 6.45) is -0.102. The van der Waals surface area contributed by atoms with E-state index >= 15 is 0 Å². The van der Waals surface area contributed by atoms with Crippen molar-refractivity contribution in [1.29, 1.82) is 5.26 Å². The van der Waals surface area contributed by atoms with E-state index in [4.69, 9.17) is 10.4 Å². The average Bonchev–Trinajstić information content (AvgIpc) is 2.36. The van der Waals surface area contributed by atoms with Gasteiger partial charge in [-0.05, 0) is 25.5 Å². The maximum atomic E-state index is 13.0. The van der Waals surface area contributed by atoms with Crippen LogP contribution in [0.1, 0.15) is 23.7 Å². The SMILES string of the molecule is C[C@@H](C#N)C[C@@H](NC(=O)c1cc(F)cc(F)c1)C(=O)O. The molecule has 0 fully saturated rings. The maximum absolute atomic E-state index is 13.0. The van der Waals surface area contributed by atoms with Crippen molar-refractivity contribution in [3.8, 4) is 6.07 Å². The van der Waals surface area contributed by atoms with Gasteiger partial charge in [0.15, 0.2) is 0 Å². The van der Waals surface area contributed by atoms with Crippen LogP contribution in [0.5, 0.6) is 0 Å². The molecule has 0 aliphatic carbocycles. The van der Waals surface area contributed by atoms with Crippen molar-refractivity contribution >= 4 is 11.9 Å². The molecule has 0 bridgehead atoms. The zero-order chi connectivity index (χ0) is 15.3. The molecule has 0 radical (unpaired) electrons. The van der Waals surface area contributed by atoms with Crippen molar-refractivity contribution in [2.75, 3.05) is 0 Å². The van der Waals surface area contributed by atoms with Gasteiger partial charge in [-0.1, -0.05) is 0 Å². The van der Waals surface area contributed by atoms with Crippen LogP contribution in [0.3, 0.4) is 0 Å². The third kappa shape index (κ3) is 4.31. The highest BCUT2D eigenvalue weighted by Crippen LogP contribution is 2.10. The van der Waals surface area contributed by atoms with Gasteiger partial charge in [-0.25, -0.2) is 13.6 Å². The summed E-state index contributed by atoms with van der Waals surface area (Å²) >= 11 is 0. The molecule has 0 heterocycles. The molecule has 0 saturated carbocycles. The van der Waals surface area contributed by atoms with Crippen LogP contribution in [0.25, 0.3) is 0 Å². The third-order valence-corrected chi connectivity index (χ3v) is 2.54. The second-order valence-electron chi connectivity index (χ2n) is 4.29. The lowest BCUT2D eigenvalue weighted by Crippen LogP contribution is -2.41. The van der Waals surface area contributed by atoms with Crippen molar-refractivity contribution in [2.24, 2.45) is 5.92 Å². The lowest BCUT2D eigenvalue weighted by atomic mass is 10.0. The summed E-state index contributed by atoms with van der Waals surface area (Å²) in [7, 11) is 0. The third-order valence-electron chi connectivity index (χ3n) is 2.54. The number of hydrogen-bond donors (Lipinski definition) is 2. The number of carboxylic acids is 1. The Hall–Kier alpha value is -2.49. The van der Waals surface area contributed by atoms with Crippen LogP contribution in [-0.2, 0) is 4.79 Å². The molecule has 5 nitrogen and oxygen atoms in total. The minimum Gasteiger partial charge on any atom is -0.480 e. The van der Waals surface area contributed by atoms with Gasteiger partial charge in [-0.15, -0.1) is 0 Å². The fraction of sp³-hybridized carbons (Fsp3) is 0.308. The van der Waals surface area contributed by atoms with E-state index < -0.39 is 35.5 Å². The first kappa shape index (κ1) is 15.6. The Bertz CT molecular complexity index is 549. The second-order valence-corrected chi connectivity index (χ2v) is 4.29. The number of carbonyl (C=O) groups excluding carboxylic acids is 1. The van der Waals surface area contributed by atoms with Crippen LogP contribution in [0, 0.1) is 28.9 Å². The molecular formula is C13H12F2N2O3. The van der Waals surface area contributed by atoms with Gasteiger partial charge in [0.05, 0.1) is 6.07 Å². The monoisotopic (exact) mass is 282 g/mol. The summed E-state index contributed by atoms with van der Waals surface area (Å²) in [5.41, 5.74) is -0.321. The molecule has 0 aliphatic heterocycles. The molecule has 1 aromatic rings. The fourth-order valence-electron chi connectivity index (χ4n) is 1.55. The average molecular weight is 282 g/mol. The van der Waals surface area contributed by atoms with E-state index in [2.05, 4.69) is 5.32 Å². The molecule has 1 rings (SSSR count). The number of amides is 1. The first-order chi connectivity index (χ1) is 9.33. The van der Waals surface area contributed by atoms with Gasteiger partial charge in [0, 0.05) is 17.5 Å². The second kappa shape index (κ2) is 6.61. The number of nitrogens with one attached hydrogen (secondary N) is 1. The molecule has 1 aromatic carbocycles. The highest BCUT2D eigenvalue weighted by atomic mass is 19.1. The van der Waals surface area contributed by atoms with Crippen LogP contribution in [0.4, 0.5) is 8.78 Å². The zero-order valence-electron chi connectivity index (χ0n) is 10.6. The number of aliphatic carboxylic acids is 1. The maximum Gasteiger partial charge on any atom is 0.326 e. The summed E-state index contributed by atoms with van der Waals surface area (Å²) in [5, 5.41) is 19.7. The molecule has 0 saturated heterocycles. The Labute approximate surface area is 113 Å². The standard InChI is InChI=1S/C13H12F2N2O3/c1-7(6-16)2-11(13(19)20)17-12(18)8-3-9(14)5-10(15)4-8/h3-5,7,11H,2H2,1H3,(H,17,18)(H,19,20)/t7-,11-/m1/s1. The van der Waals surface area contributed by atoms with Gasteiger partial charge in [-0.3, -0.25) is 4.79 Å². The number of carbonyl (C=O) groups is 2. The normalized spacial score (nSPS) is 13.1. The lowest BCUT2D eigenvalue weighted by Gasteiger charge is -2.15. The van der Waals surface area contributed by atoms with Crippen molar-refractivity contribution in [2.45, 2.75) is 19.4 Å². The molecule has 106 valence electrons. The summed E-state index contributed by atoms with van der Waals surface area (Å²) < 4.78 is 25.9. The largest absolute Gasteiger partial charge is 0.480 e. The molecule has 0 unspecified atom stereocenters. The Kier molecular flexibility index (Phi) is 5.15. The number of carboxylic acid groups (broad SMARTS) is 1. The Balaban J connectivity index is 2.86. The first-order valence-corrected chi connectivity index (χ1v) is 5.73. The van der Waals surface area contributed by atoms with Crippen molar-refractivity contribution in [3.63, 3.8) is 0 Å². The van der Waals surface area contributed by atoms with E-state index in [9.17, 15) is 18.4 Å². The molecule has 2 N–H and O–H groups in total. The van der Waals surface area contributed by atoms with Crippen LogP contribution >= 0.6 is 0 Å². The van der Waals surface area contributed by atoms with Gasteiger partial charge < -0.3 is 10.4 Å². The van der Waals surface area contributed by atoms with E-state index in [1.165, 1.54) is 6.92 Å². The topological polar surface area (TPSA) is 90.2 Å². The van der Waals surface area contributed by atoms with E-state index in [0.717, 1.165) is 12.1 Å². The summed E-state index contributed by atoms with van der Waals surface area (Å²) in [6, 6.07) is 2.74. The highest BCUT2D eigenvalue weighted by Gasteiger charge is 2.23. The minimum absolute atomic E-state index is 0.102. The van der Waals surface area contributed by atoms with E-state index in [-0.39, 0.29) is 12.0 Å². The minimum atomic E-state index is -1.32. The van der Waals surface area contributed by atoms with Crippen LogP contribution in [-0.4, -0.2) is 23.0 Å². The van der Waals surface area contributed by atoms with Crippen molar-refractivity contribution < 1.29 is 23.5 Å². The fourth-order valence-corrected chi connectivity index (χ4v) is 1.55. The van der Waals surface area contributed by atoms with Gasteiger partial charge in [-0.2, -0.15) is 5.26 Å². The molecular weight excluding hydrogens is 270 g/mol. The van der Waals surface area contributed by atoms with Crippen molar-refractivity contribution in [1.82, 2.24) is 5.32 Å². The predicted molar refractivity (Wildman–Crippen MR) is 64.6 cm³/mol. The van der Waals surface area contributed by atoms with Gasteiger partial charge >= 0.3 is 5.97 Å². The Morgan fingerprint density at radius 2 is 1.90 bits per heavy atom. The van der Waals surface area contributed by atoms with Crippen molar-refractivity contribution in [3.05, 3.63) is 35.4 Å². The number of benzene rings is 1. The summed E-state index contributed by atoms with van der Waals surface area (Å²) in [4.78, 5) is 22.7. The number of hydrogen-bond acceptors (Lipinski definition) is 3. The highest BCUT2D eigenvalue weighted by molar-refractivity contribution is 5.96. The Morgan fingerprint density at radius 3 is 2.35 bits per heavy atom. The number of rotatable bonds is 5. The molecule has 0 aromatic heterocycles. The Morgan fingerprint density at radius 1 is 1.35 bits per heavy atom. The first-order valence-electron chi connectivity index (χ1n) is 5.73. The number of nitrogens with zero attached hydrogens (tertiary/aromatic N) is 1. The summed E-state index contributed by atoms with van der Waals surface area (Å²) in [6.45, 7) is 1.50. The van der Waals surface area contributed by atoms with Gasteiger partial charge in [0.2, 0.25) is 0 Å². The molecule has 7 heteroatoms. The van der Waals surface area contributed by atoms with Gasteiger partial charge in [0.25, 0.3) is 5.91 Å². The molecule has 0 aliphatic rings. The molecule has 1 amide bonds. The predicted octanol–water partition coefficient (Wildman–Crippen LogP) is 1.70. The van der Waals surface area contributed by atoms with Crippen LogP contribution in [0.15, 0.2) is 18.2 Å². The molecule has 2 atom stereocenters. The van der Waals surface area contributed by atoms with Crippen LogP contribution < -0.4 is 5.32 Å². The number of nitriles is 1. The van der Waals surface area contributed by atoms with E-state index in [0.29, 0.717) is 6.07 Å². The van der Waals surface area contributed by atoms with E-state index in [1.54, 1.807) is 0 Å². The van der Waals surface area contributed by atoms with Gasteiger partial charge in [0.1, 0.15) is 17.7 Å². The van der Waals surface area contributed by atoms with E-state index in [1.807, 2.05) is 6.07 Å². The molecule has 20 heavy (non-hydrogen) atoms. The number of halogens is 2. The summed E-state index contributed by atoms with van der Waals surface area (Å²) in [5.74, 6) is -4.70. The zero-order valence-corrected chi connectivity index (χ0v) is 10.6. The lowest BCUT2D eigenvalue weighted by molar-refractivity contribution is -0.139.